The number of carbonyl (C=O) groups is 1. The molecular formula is C18H22ClF3N4O3. The molecule has 0 aliphatic carbocycles. The van der Waals surface area contributed by atoms with E-state index in [0.717, 1.165) is 16.8 Å². The summed E-state index contributed by atoms with van der Waals surface area (Å²) in [6.07, 6.45) is -4.61. The van der Waals surface area contributed by atoms with Gasteiger partial charge in [0, 0.05) is 38.5 Å². The lowest BCUT2D eigenvalue weighted by atomic mass is 10.1. The maximum atomic E-state index is 13.3. The highest BCUT2D eigenvalue weighted by molar-refractivity contribution is 5.92. The van der Waals surface area contributed by atoms with Crippen molar-refractivity contribution in [2.75, 3.05) is 33.4 Å². The minimum absolute atomic E-state index is 0. The number of hydrogen-bond acceptors (Lipinski definition) is 5. The number of para-hydroxylation sites is 1. The third-order valence-corrected chi connectivity index (χ3v) is 3.83. The van der Waals surface area contributed by atoms with Crippen LogP contribution in [0.4, 0.5) is 13.2 Å². The number of rotatable bonds is 8. The fourth-order valence-electron chi connectivity index (χ4n) is 2.49. The van der Waals surface area contributed by atoms with Crippen LogP contribution in [0.2, 0.25) is 0 Å². The molecular weight excluding hydrogens is 413 g/mol. The molecule has 160 valence electrons. The van der Waals surface area contributed by atoms with Crippen LogP contribution in [0.15, 0.2) is 35.1 Å². The zero-order chi connectivity index (χ0) is 20.7. The molecule has 0 saturated carbocycles. The number of halogens is 4. The van der Waals surface area contributed by atoms with E-state index < -0.39 is 28.8 Å². The topological polar surface area (TPSA) is 85.2 Å². The van der Waals surface area contributed by atoms with E-state index in [9.17, 15) is 22.8 Å². The van der Waals surface area contributed by atoms with Crippen LogP contribution in [-0.2, 0) is 10.9 Å². The molecule has 0 aliphatic rings. The number of nitrogens with zero attached hydrogens (tertiary/aromatic N) is 2. The Morgan fingerprint density at radius 2 is 1.90 bits per heavy atom. The van der Waals surface area contributed by atoms with E-state index in [1.165, 1.54) is 25.1 Å². The molecule has 1 aromatic heterocycles. The van der Waals surface area contributed by atoms with Gasteiger partial charge < -0.3 is 15.4 Å². The highest BCUT2D eigenvalue weighted by Crippen LogP contribution is 2.33. The highest BCUT2D eigenvalue weighted by atomic mass is 35.5. The number of methoxy groups -OCH3 is 1. The Labute approximate surface area is 171 Å². The van der Waals surface area contributed by atoms with Crippen LogP contribution >= 0.6 is 12.4 Å². The summed E-state index contributed by atoms with van der Waals surface area (Å²) in [5.41, 5.74) is -2.13. The molecule has 1 aromatic carbocycles. The van der Waals surface area contributed by atoms with Crippen LogP contribution in [-0.4, -0.2) is 49.0 Å². The van der Waals surface area contributed by atoms with Gasteiger partial charge in [-0.2, -0.15) is 18.3 Å². The van der Waals surface area contributed by atoms with Crippen LogP contribution in [0.25, 0.3) is 5.69 Å². The summed E-state index contributed by atoms with van der Waals surface area (Å²) >= 11 is 0. The Morgan fingerprint density at radius 1 is 1.21 bits per heavy atom. The summed E-state index contributed by atoms with van der Waals surface area (Å²) in [4.78, 5) is 24.4. The average molecular weight is 435 g/mol. The van der Waals surface area contributed by atoms with Gasteiger partial charge in [-0.05, 0) is 19.1 Å². The van der Waals surface area contributed by atoms with E-state index in [4.69, 9.17) is 4.74 Å². The standard InChI is InChI=1S/C18H21F3N4O3.ClH/c1-12-11-15(26)16(17(27)23-8-7-22-9-10-28-2)24-25(12)14-6-4-3-5-13(14)18(19,20)21;/h3-6,11,22H,7-10H2,1-2H3,(H,23,27);1H. The Bertz CT molecular complexity index is 887. The van der Waals surface area contributed by atoms with E-state index in [2.05, 4.69) is 15.7 Å². The Morgan fingerprint density at radius 3 is 2.55 bits per heavy atom. The van der Waals surface area contributed by atoms with Gasteiger partial charge in [0.15, 0.2) is 5.69 Å². The molecule has 0 atom stereocenters. The Kier molecular flexibility index (Phi) is 9.28. The molecule has 0 bridgehead atoms. The molecule has 2 rings (SSSR count). The summed E-state index contributed by atoms with van der Waals surface area (Å²) in [5, 5.41) is 9.43. The van der Waals surface area contributed by atoms with Gasteiger partial charge in [-0.15, -0.1) is 12.4 Å². The number of carbonyl (C=O) groups excluding carboxylic acids is 1. The van der Waals surface area contributed by atoms with Crippen molar-refractivity contribution >= 4 is 18.3 Å². The molecule has 1 heterocycles. The lowest BCUT2D eigenvalue weighted by Crippen LogP contribution is -2.36. The fraction of sp³-hybridized carbons (Fsp3) is 0.389. The van der Waals surface area contributed by atoms with Gasteiger partial charge >= 0.3 is 6.18 Å². The van der Waals surface area contributed by atoms with Gasteiger partial charge in [-0.1, -0.05) is 12.1 Å². The molecule has 2 aromatic rings. The number of benzene rings is 1. The number of aryl methyl sites for hydroxylation is 1. The summed E-state index contributed by atoms with van der Waals surface area (Å²) in [5.74, 6) is -0.753. The summed E-state index contributed by atoms with van der Waals surface area (Å²) in [6.45, 7) is 3.21. The summed E-state index contributed by atoms with van der Waals surface area (Å²) in [6, 6.07) is 5.92. The second-order valence-electron chi connectivity index (χ2n) is 5.92. The largest absolute Gasteiger partial charge is 0.418 e. The van der Waals surface area contributed by atoms with Crippen molar-refractivity contribution in [1.29, 1.82) is 0 Å². The van der Waals surface area contributed by atoms with Crippen molar-refractivity contribution in [3.63, 3.8) is 0 Å². The Balaban J connectivity index is 0.00000420. The van der Waals surface area contributed by atoms with E-state index in [0.29, 0.717) is 19.7 Å². The lowest BCUT2D eigenvalue weighted by Gasteiger charge is -2.16. The van der Waals surface area contributed by atoms with Crippen LogP contribution in [0.5, 0.6) is 0 Å². The first kappa shape index (κ1) is 24.6. The first-order chi connectivity index (χ1) is 13.3. The van der Waals surface area contributed by atoms with Gasteiger partial charge in [-0.3, -0.25) is 9.59 Å². The second-order valence-corrected chi connectivity index (χ2v) is 5.92. The Hall–Kier alpha value is -2.43. The first-order valence-electron chi connectivity index (χ1n) is 8.51. The quantitative estimate of drug-likeness (QED) is 0.620. The average Bonchev–Trinajstić information content (AvgIpc) is 2.64. The van der Waals surface area contributed by atoms with Crippen LogP contribution in [0, 0.1) is 6.92 Å². The van der Waals surface area contributed by atoms with Crippen molar-refractivity contribution in [3.05, 3.63) is 57.5 Å². The first-order valence-corrected chi connectivity index (χ1v) is 8.51. The van der Waals surface area contributed by atoms with Gasteiger partial charge in [-0.25, -0.2) is 4.68 Å². The normalized spacial score (nSPS) is 11.1. The minimum atomic E-state index is -4.61. The molecule has 11 heteroatoms. The SMILES string of the molecule is COCCNCCNC(=O)c1nn(-c2ccccc2C(F)(F)F)c(C)cc1=O.Cl. The van der Waals surface area contributed by atoms with Crippen molar-refractivity contribution < 1.29 is 22.7 Å². The predicted molar refractivity (Wildman–Crippen MR) is 104 cm³/mol. The minimum Gasteiger partial charge on any atom is -0.383 e. The highest BCUT2D eigenvalue weighted by Gasteiger charge is 2.34. The lowest BCUT2D eigenvalue weighted by molar-refractivity contribution is -0.137. The number of ether oxygens (including phenoxy) is 1. The zero-order valence-electron chi connectivity index (χ0n) is 15.9. The molecule has 0 fully saturated rings. The van der Waals surface area contributed by atoms with Crippen molar-refractivity contribution in [1.82, 2.24) is 20.4 Å². The molecule has 1 amide bonds. The van der Waals surface area contributed by atoms with Crippen molar-refractivity contribution in [2.24, 2.45) is 0 Å². The van der Waals surface area contributed by atoms with Gasteiger partial charge in [0.25, 0.3) is 5.91 Å². The van der Waals surface area contributed by atoms with Gasteiger partial charge in [0.05, 0.1) is 17.9 Å². The monoisotopic (exact) mass is 434 g/mol. The van der Waals surface area contributed by atoms with Crippen LogP contribution < -0.4 is 16.1 Å². The fourth-order valence-corrected chi connectivity index (χ4v) is 2.49. The second kappa shape index (κ2) is 10.9. The van der Waals surface area contributed by atoms with E-state index in [1.807, 2.05) is 0 Å². The van der Waals surface area contributed by atoms with Crippen LogP contribution in [0.3, 0.4) is 0 Å². The van der Waals surface area contributed by atoms with Gasteiger partial charge in [0.1, 0.15) is 0 Å². The number of hydrogen-bond donors (Lipinski definition) is 2. The molecule has 29 heavy (non-hydrogen) atoms. The van der Waals surface area contributed by atoms with E-state index in [1.54, 1.807) is 7.11 Å². The van der Waals surface area contributed by atoms with Crippen molar-refractivity contribution in [2.45, 2.75) is 13.1 Å². The molecule has 0 radical (unpaired) electrons. The van der Waals surface area contributed by atoms with Crippen molar-refractivity contribution in [3.8, 4) is 5.69 Å². The maximum Gasteiger partial charge on any atom is 0.418 e. The third kappa shape index (κ3) is 6.55. The maximum absolute atomic E-state index is 13.3. The molecule has 0 spiro atoms. The smallest absolute Gasteiger partial charge is 0.383 e. The van der Waals surface area contributed by atoms with E-state index in [-0.39, 0.29) is 30.3 Å². The third-order valence-electron chi connectivity index (χ3n) is 3.83. The summed E-state index contributed by atoms with van der Waals surface area (Å²) < 4.78 is 45.7. The predicted octanol–water partition coefficient (Wildman–Crippen LogP) is 1.95. The molecule has 0 saturated heterocycles. The number of alkyl halides is 3. The number of aromatic nitrogens is 2. The zero-order valence-corrected chi connectivity index (χ0v) is 16.7. The molecule has 0 unspecified atom stereocenters. The number of nitrogens with one attached hydrogen (secondary N) is 2. The molecule has 2 N–H and O–H groups in total. The number of amides is 1. The molecule has 0 aliphatic heterocycles. The van der Waals surface area contributed by atoms with Crippen LogP contribution in [0.1, 0.15) is 21.7 Å². The molecule has 7 nitrogen and oxygen atoms in total. The van der Waals surface area contributed by atoms with E-state index >= 15 is 0 Å². The van der Waals surface area contributed by atoms with Gasteiger partial charge in [0.2, 0.25) is 5.43 Å². The summed E-state index contributed by atoms with van der Waals surface area (Å²) in [7, 11) is 1.56.